The Morgan fingerprint density at radius 2 is 1.41 bits per heavy atom. The summed E-state index contributed by atoms with van der Waals surface area (Å²) < 4.78 is 5.45. The molecule has 4 rings (SSSR count). The molecule has 29 heavy (non-hydrogen) atoms. The molecule has 0 bridgehead atoms. The maximum Gasteiger partial charge on any atom is 0.253 e. The number of piperidine rings is 1. The third kappa shape index (κ3) is 4.60. The second-order valence-electron chi connectivity index (χ2n) is 7.53. The van der Waals surface area contributed by atoms with Gasteiger partial charge >= 0.3 is 0 Å². The highest BCUT2D eigenvalue weighted by Gasteiger charge is 2.23. The molecule has 3 heterocycles. The van der Waals surface area contributed by atoms with Crippen LogP contribution in [0.3, 0.4) is 0 Å². The first-order chi connectivity index (χ1) is 14.2. The molecule has 2 aromatic rings. The number of amides is 1. The van der Waals surface area contributed by atoms with Crippen LogP contribution in [0.4, 0.5) is 11.6 Å². The molecule has 2 aliphatic rings. The van der Waals surface area contributed by atoms with Crippen molar-refractivity contribution in [3.05, 3.63) is 42.0 Å². The van der Waals surface area contributed by atoms with E-state index in [9.17, 15) is 4.79 Å². The number of hydrogen-bond donors (Lipinski definition) is 0. The smallest absolute Gasteiger partial charge is 0.253 e. The molecular formula is C22H29N5O2. The monoisotopic (exact) mass is 395 g/mol. The zero-order valence-electron chi connectivity index (χ0n) is 17.1. The number of carbonyl (C=O) groups excluding carboxylic acids is 1. The first kappa shape index (κ1) is 19.5. The van der Waals surface area contributed by atoms with Gasteiger partial charge in [-0.2, -0.15) is 0 Å². The van der Waals surface area contributed by atoms with Crippen LogP contribution in [0.1, 0.15) is 36.5 Å². The number of rotatable bonds is 5. The standard InChI is InChI=1S/C22H29N5O2/c1-2-29-19-8-6-18(7-9-19)22(28)27-16-14-26(15-17-27)21-11-10-20(23-24-21)25-12-4-3-5-13-25/h6-11H,2-5,12-17H2,1H3. The Bertz CT molecular complexity index is 795. The SMILES string of the molecule is CCOc1ccc(C(=O)N2CCN(c3ccc(N4CCCCC4)nn3)CC2)cc1. The van der Waals surface area contributed by atoms with Gasteiger partial charge in [0.05, 0.1) is 6.61 Å². The summed E-state index contributed by atoms with van der Waals surface area (Å²) >= 11 is 0. The fourth-order valence-corrected chi connectivity index (χ4v) is 3.96. The van der Waals surface area contributed by atoms with Crippen molar-refractivity contribution in [1.29, 1.82) is 0 Å². The van der Waals surface area contributed by atoms with Crippen molar-refractivity contribution in [3.63, 3.8) is 0 Å². The quantitative estimate of drug-likeness (QED) is 0.776. The maximum absolute atomic E-state index is 12.8. The molecule has 0 aliphatic carbocycles. The molecule has 2 fully saturated rings. The van der Waals surface area contributed by atoms with Gasteiger partial charge in [-0.05, 0) is 62.6 Å². The van der Waals surface area contributed by atoms with E-state index in [0.717, 1.165) is 43.6 Å². The van der Waals surface area contributed by atoms with Crippen LogP contribution in [-0.2, 0) is 0 Å². The van der Waals surface area contributed by atoms with E-state index in [1.54, 1.807) is 0 Å². The molecule has 2 saturated heterocycles. The molecule has 7 nitrogen and oxygen atoms in total. The van der Waals surface area contributed by atoms with Crippen LogP contribution in [0.15, 0.2) is 36.4 Å². The van der Waals surface area contributed by atoms with Gasteiger partial charge in [0.25, 0.3) is 5.91 Å². The van der Waals surface area contributed by atoms with Crippen LogP contribution in [0.5, 0.6) is 5.75 Å². The fraction of sp³-hybridized carbons (Fsp3) is 0.500. The van der Waals surface area contributed by atoms with E-state index < -0.39 is 0 Å². The minimum absolute atomic E-state index is 0.0687. The first-order valence-electron chi connectivity index (χ1n) is 10.6. The van der Waals surface area contributed by atoms with Gasteiger partial charge in [-0.25, -0.2) is 0 Å². The summed E-state index contributed by atoms with van der Waals surface area (Å²) in [5, 5.41) is 8.89. The third-order valence-electron chi connectivity index (χ3n) is 5.62. The highest BCUT2D eigenvalue weighted by molar-refractivity contribution is 5.94. The molecule has 0 saturated carbocycles. The highest BCUT2D eigenvalue weighted by Crippen LogP contribution is 2.20. The van der Waals surface area contributed by atoms with Crippen LogP contribution >= 0.6 is 0 Å². The van der Waals surface area contributed by atoms with Gasteiger partial charge in [0.2, 0.25) is 0 Å². The summed E-state index contributed by atoms with van der Waals surface area (Å²) in [5.74, 6) is 2.72. The Morgan fingerprint density at radius 1 is 0.828 bits per heavy atom. The molecular weight excluding hydrogens is 366 g/mol. The number of piperazine rings is 1. The van der Waals surface area contributed by atoms with Gasteiger partial charge < -0.3 is 19.4 Å². The lowest BCUT2D eigenvalue weighted by molar-refractivity contribution is 0.0746. The van der Waals surface area contributed by atoms with Gasteiger partial charge in [0.15, 0.2) is 11.6 Å². The Hall–Kier alpha value is -2.83. The van der Waals surface area contributed by atoms with E-state index in [4.69, 9.17) is 4.74 Å². The van der Waals surface area contributed by atoms with Crippen molar-refractivity contribution in [3.8, 4) is 5.75 Å². The molecule has 0 unspecified atom stereocenters. The van der Waals surface area contributed by atoms with E-state index in [2.05, 4.69) is 32.1 Å². The second-order valence-corrected chi connectivity index (χ2v) is 7.53. The summed E-state index contributed by atoms with van der Waals surface area (Å²) in [4.78, 5) is 19.2. The largest absolute Gasteiger partial charge is 0.494 e. The summed E-state index contributed by atoms with van der Waals surface area (Å²) in [6.07, 6.45) is 3.77. The average Bonchev–Trinajstić information content (AvgIpc) is 2.80. The van der Waals surface area contributed by atoms with Crippen molar-refractivity contribution < 1.29 is 9.53 Å². The van der Waals surface area contributed by atoms with E-state index in [1.165, 1.54) is 19.3 Å². The molecule has 0 atom stereocenters. The molecule has 1 aromatic carbocycles. The van der Waals surface area contributed by atoms with Crippen LogP contribution in [0.2, 0.25) is 0 Å². The summed E-state index contributed by atoms with van der Waals surface area (Å²) in [5.41, 5.74) is 0.701. The number of hydrogen-bond acceptors (Lipinski definition) is 6. The second kappa shape index (κ2) is 9.11. The zero-order chi connectivity index (χ0) is 20.1. The number of nitrogens with zero attached hydrogens (tertiary/aromatic N) is 5. The summed E-state index contributed by atoms with van der Waals surface area (Å²) in [7, 11) is 0. The van der Waals surface area contributed by atoms with Crippen molar-refractivity contribution in [2.24, 2.45) is 0 Å². The van der Waals surface area contributed by atoms with Crippen molar-refractivity contribution >= 4 is 17.5 Å². The van der Waals surface area contributed by atoms with Gasteiger partial charge in [-0.1, -0.05) is 0 Å². The number of carbonyl (C=O) groups is 1. The maximum atomic E-state index is 12.8. The predicted molar refractivity (Wildman–Crippen MR) is 114 cm³/mol. The third-order valence-corrected chi connectivity index (χ3v) is 5.62. The molecule has 0 spiro atoms. The lowest BCUT2D eigenvalue weighted by atomic mass is 10.1. The lowest BCUT2D eigenvalue weighted by Crippen LogP contribution is -2.49. The van der Waals surface area contributed by atoms with Gasteiger partial charge in [0, 0.05) is 44.8 Å². The number of anilines is 2. The Labute approximate surface area is 172 Å². The molecule has 7 heteroatoms. The fourth-order valence-electron chi connectivity index (χ4n) is 3.96. The normalized spacial score (nSPS) is 17.3. The minimum Gasteiger partial charge on any atom is -0.494 e. The topological polar surface area (TPSA) is 61.8 Å². The number of ether oxygens (including phenoxy) is 1. The summed E-state index contributed by atoms with van der Waals surface area (Å²) in [6, 6.07) is 11.5. The summed E-state index contributed by atoms with van der Waals surface area (Å²) in [6.45, 7) is 7.60. The van der Waals surface area contributed by atoms with Crippen LogP contribution in [0.25, 0.3) is 0 Å². The van der Waals surface area contributed by atoms with Crippen molar-refractivity contribution in [1.82, 2.24) is 15.1 Å². The van der Waals surface area contributed by atoms with Crippen LogP contribution in [0, 0.1) is 0 Å². The lowest BCUT2D eigenvalue weighted by Gasteiger charge is -2.35. The predicted octanol–water partition coefficient (Wildman–Crippen LogP) is 2.83. The van der Waals surface area contributed by atoms with E-state index >= 15 is 0 Å². The molecule has 0 N–H and O–H groups in total. The Kier molecular flexibility index (Phi) is 6.12. The van der Waals surface area contributed by atoms with Crippen LogP contribution in [-0.4, -0.2) is 66.9 Å². The number of aromatic nitrogens is 2. The van der Waals surface area contributed by atoms with E-state index in [0.29, 0.717) is 25.3 Å². The Morgan fingerprint density at radius 3 is 1.97 bits per heavy atom. The van der Waals surface area contributed by atoms with Gasteiger partial charge in [-0.3, -0.25) is 4.79 Å². The number of benzene rings is 1. The average molecular weight is 396 g/mol. The van der Waals surface area contributed by atoms with E-state index in [-0.39, 0.29) is 5.91 Å². The van der Waals surface area contributed by atoms with Crippen molar-refractivity contribution in [2.75, 3.05) is 55.7 Å². The minimum atomic E-state index is 0.0687. The highest BCUT2D eigenvalue weighted by atomic mass is 16.5. The molecule has 1 amide bonds. The van der Waals surface area contributed by atoms with Crippen molar-refractivity contribution in [2.45, 2.75) is 26.2 Å². The van der Waals surface area contributed by atoms with Crippen LogP contribution < -0.4 is 14.5 Å². The zero-order valence-corrected chi connectivity index (χ0v) is 17.1. The molecule has 2 aliphatic heterocycles. The molecule has 154 valence electrons. The van der Waals surface area contributed by atoms with E-state index in [1.807, 2.05) is 36.1 Å². The van der Waals surface area contributed by atoms with Gasteiger partial charge in [-0.15, -0.1) is 10.2 Å². The molecule has 1 aromatic heterocycles. The van der Waals surface area contributed by atoms with Gasteiger partial charge in [0.1, 0.15) is 5.75 Å². The first-order valence-corrected chi connectivity index (χ1v) is 10.6. The molecule has 0 radical (unpaired) electrons. The Balaban J connectivity index is 1.32.